The smallest absolute Gasteiger partial charge is 0.240 e. The molecular weight excluding hydrogens is 220 g/mol. The van der Waals surface area contributed by atoms with Gasteiger partial charge in [0, 0.05) is 4.90 Å². The molecule has 1 aromatic carbocycles. The van der Waals surface area contributed by atoms with Gasteiger partial charge in [0.15, 0.2) is 0 Å². The normalized spacial score (nSPS) is 17.2. The summed E-state index contributed by atoms with van der Waals surface area (Å²) >= 11 is 1.54. The molecule has 4 heteroatoms. The zero-order valence-electron chi connectivity index (χ0n) is 9.20. The number of fused-ring (bicyclic) bond motifs is 1. The number of nitrogens with zero attached hydrogens (tertiary/aromatic N) is 1. The number of benzene rings is 1. The third-order valence-corrected chi connectivity index (χ3v) is 3.74. The van der Waals surface area contributed by atoms with Crippen molar-refractivity contribution < 1.29 is 4.79 Å². The summed E-state index contributed by atoms with van der Waals surface area (Å²) in [5.74, 6) is 0.0260. The van der Waals surface area contributed by atoms with Gasteiger partial charge in [-0.2, -0.15) is 5.26 Å². The molecule has 1 heterocycles. The molecule has 0 aliphatic carbocycles. The van der Waals surface area contributed by atoms with Crippen molar-refractivity contribution in [2.24, 2.45) is 0 Å². The highest BCUT2D eigenvalue weighted by atomic mass is 32.2. The van der Waals surface area contributed by atoms with Crippen LogP contribution < -0.4 is 5.32 Å². The molecule has 3 nitrogen and oxygen atoms in total. The van der Waals surface area contributed by atoms with E-state index in [1.807, 2.05) is 32.0 Å². The molecule has 0 aromatic heterocycles. The molecule has 82 valence electrons. The maximum absolute atomic E-state index is 11.7. The van der Waals surface area contributed by atoms with Crippen LogP contribution in [-0.2, 0) is 11.2 Å². The monoisotopic (exact) mass is 232 g/mol. The van der Waals surface area contributed by atoms with Crippen molar-refractivity contribution in [3.8, 4) is 6.07 Å². The number of hydrogen-bond acceptors (Lipinski definition) is 3. The minimum atomic E-state index is -0.446. The third kappa shape index (κ3) is 1.91. The van der Waals surface area contributed by atoms with Crippen molar-refractivity contribution in [3.63, 3.8) is 0 Å². The van der Waals surface area contributed by atoms with Gasteiger partial charge in [-0.05, 0) is 31.5 Å². The average molecular weight is 232 g/mol. The second-order valence-electron chi connectivity index (χ2n) is 4.23. The minimum Gasteiger partial charge on any atom is -0.324 e. The van der Waals surface area contributed by atoms with Gasteiger partial charge in [-0.1, -0.05) is 6.07 Å². The average Bonchev–Trinajstić information content (AvgIpc) is 2.20. The van der Waals surface area contributed by atoms with Crippen LogP contribution in [0.15, 0.2) is 23.1 Å². The molecule has 1 amide bonds. The van der Waals surface area contributed by atoms with E-state index < -0.39 is 4.75 Å². The molecule has 0 saturated heterocycles. The first-order valence-corrected chi connectivity index (χ1v) is 5.85. The van der Waals surface area contributed by atoms with Crippen molar-refractivity contribution in [3.05, 3.63) is 23.8 Å². The Hall–Kier alpha value is -1.47. The van der Waals surface area contributed by atoms with Gasteiger partial charge in [0.25, 0.3) is 0 Å². The van der Waals surface area contributed by atoms with E-state index in [1.54, 1.807) is 11.8 Å². The highest BCUT2D eigenvalue weighted by Gasteiger charge is 2.34. The number of carbonyl (C=O) groups excluding carboxylic acids is 1. The number of hydrogen-bond donors (Lipinski definition) is 1. The number of carbonyl (C=O) groups is 1. The van der Waals surface area contributed by atoms with E-state index in [2.05, 4.69) is 11.4 Å². The lowest BCUT2D eigenvalue weighted by molar-refractivity contribution is -0.117. The maximum Gasteiger partial charge on any atom is 0.240 e. The fourth-order valence-corrected chi connectivity index (χ4v) is 2.68. The molecule has 0 bridgehead atoms. The van der Waals surface area contributed by atoms with Crippen LogP contribution in [0.4, 0.5) is 5.69 Å². The Kier molecular flexibility index (Phi) is 2.64. The second-order valence-corrected chi connectivity index (χ2v) is 5.90. The number of nitrogens with one attached hydrogen (secondary N) is 1. The molecule has 0 saturated carbocycles. The van der Waals surface area contributed by atoms with E-state index in [1.165, 1.54) is 0 Å². The number of amides is 1. The van der Waals surface area contributed by atoms with Gasteiger partial charge in [0.05, 0.1) is 22.9 Å². The van der Waals surface area contributed by atoms with Crippen molar-refractivity contribution in [1.82, 2.24) is 0 Å². The SMILES string of the molecule is CC1(C)Sc2cc(CC#N)ccc2NC1=O. The molecule has 1 aliphatic heterocycles. The predicted octanol–water partition coefficient (Wildman–Crippen LogP) is 2.58. The zero-order chi connectivity index (χ0) is 11.8. The standard InChI is InChI=1S/C12H12N2OS/c1-12(2)11(15)14-9-4-3-8(5-6-13)7-10(9)16-12/h3-4,7H,5H2,1-2H3,(H,14,15). The fourth-order valence-electron chi connectivity index (χ4n) is 1.55. The van der Waals surface area contributed by atoms with Crippen LogP contribution in [0.2, 0.25) is 0 Å². The Morgan fingerprint density at radius 2 is 2.25 bits per heavy atom. The van der Waals surface area contributed by atoms with Gasteiger partial charge in [-0.3, -0.25) is 4.79 Å². The first-order chi connectivity index (χ1) is 7.53. The summed E-state index contributed by atoms with van der Waals surface area (Å²) in [4.78, 5) is 12.7. The Morgan fingerprint density at radius 3 is 2.94 bits per heavy atom. The van der Waals surface area contributed by atoms with Gasteiger partial charge in [-0.15, -0.1) is 11.8 Å². The van der Waals surface area contributed by atoms with E-state index in [9.17, 15) is 4.79 Å². The lowest BCUT2D eigenvalue weighted by Gasteiger charge is -2.29. The molecular formula is C12H12N2OS. The molecule has 0 radical (unpaired) electrons. The third-order valence-electron chi connectivity index (χ3n) is 2.49. The second kappa shape index (κ2) is 3.84. The Morgan fingerprint density at radius 1 is 1.50 bits per heavy atom. The molecule has 1 N–H and O–H groups in total. The van der Waals surface area contributed by atoms with Crippen molar-refractivity contribution in [2.45, 2.75) is 29.9 Å². The van der Waals surface area contributed by atoms with Crippen molar-refractivity contribution in [1.29, 1.82) is 5.26 Å². The number of thioether (sulfide) groups is 1. The van der Waals surface area contributed by atoms with Gasteiger partial charge in [0.2, 0.25) is 5.91 Å². The Labute approximate surface area is 98.8 Å². The first-order valence-electron chi connectivity index (χ1n) is 5.03. The van der Waals surface area contributed by atoms with Gasteiger partial charge in [0.1, 0.15) is 0 Å². The van der Waals surface area contributed by atoms with Crippen LogP contribution in [0, 0.1) is 11.3 Å². The topological polar surface area (TPSA) is 52.9 Å². The van der Waals surface area contributed by atoms with E-state index in [-0.39, 0.29) is 5.91 Å². The van der Waals surface area contributed by atoms with Crippen LogP contribution in [0.1, 0.15) is 19.4 Å². The quantitative estimate of drug-likeness (QED) is 0.809. The van der Waals surface area contributed by atoms with Crippen LogP contribution in [0.3, 0.4) is 0 Å². The molecule has 0 atom stereocenters. The summed E-state index contributed by atoms with van der Waals surface area (Å²) in [7, 11) is 0. The summed E-state index contributed by atoms with van der Waals surface area (Å²) in [5.41, 5.74) is 1.83. The first kappa shape index (κ1) is 11.0. The van der Waals surface area contributed by atoms with Crippen LogP contribution >= 0.6 is 11.8 Å². The Bertz CT molecular complexity index is 488. The van der Waals surface area contributed by atoms with Gasteiger partial charge < -0.3 is 5.32 Å². The Balaban J connectivity index is 2.38. The van der Waals surface area contributed by atoms with Crippen LogP contribution in [0.25, 0.3) is 0 Å². The van der Waals surface area contributed by atoms with E-state index in [0.717, 1.165) is 16.1 Å². The lowest BCUT2D eigenvalue weighted by atomic mass is 10.1. The summed E-state index contributed by atoms with van der Waals surface area (Å²) in [6, 6.07) is 7.84. The van der Waals surface area contributed by atoms with Gasteiger partial charge in [-0.25, -0.2) is 0 Å². The maximum atomic E-state index is 11.7. The highest BCUT2D eigenvalue weighted by molar-refractivity contribution is 8.01. The summed E-state index contributed by atoms with van der Waals surface area (Å²) in [5, 5.41) is 11.5. The fraction of sp³-hybridized carbons (Fsp3) is 0.333. The summed E-state index contributed by atoms with van der Waals surface area (Å²) < 4.78 is -0.446. The molecule has 0 unspecified atom stereocenters. The van der Waals surface area contributed by atoms with Gasteiger partial charge >= 0.3 is 0 Å². The minimum absolute atomic E-state index is 0.0260. The zero-order valence-corrected chi connectivity index (χ0v) is 10.0. The molecule has 0 spiro atoms. The van der Waals surface area contributed by atoms with E-state index >= 15 is 0 Å². The molecule has 1 aromatic rings. The van der Waals surface area contributed by atoms with Crippen LogP contribution in [0.5, 0.6) is 0 Å². The number of rotatable bonds is 1. The summed E-state index contributed by atoms with van der Waals surface area (Å²) in [6.45, 7) is 3.79. The number of nitriles is 1. The van der Waals surface area contributed by atoms with E-state index in [4.69, 9.17) is 5.26 Å². The lowest BCUT2D eigenvalue weighted by Crippen LogP contribution is -2.37. The largest absolute Gasteiger partial charge is 0.324 e. The molecule has 2 rings (SSSR count). The number of anilines is 1. The van der Waals surface area contributed by atoms with Crippen molar-refractivity contribution in [2.75, 3.05) is 5.32 Å². The molecule has 1 aliphatic rings. The van der Waals surface area contributed by atoms with Crippen molar-refractivity contribution >= 4 is 23.4 Å². The molecule has 0 fully saturated rings. The highest BCUT2D eigenvalue weighted by Crippen LogP contribution is 2.42. The predicted molar refractivity (Wildman–Crippen MR) is 64.3 cm³/mol. The van der Waals surface area contributed by atoms with E-state index in [0.29, 0.717) is 6.42 Å². The summed E-state index contributed by atoms with van der Waals surface area (Å²) in [6.07, 6.45) is 0.405. The van der Waals surface area contributed by atoms with Crippen LogP contribution in [-0.4, -0.2) is 10.7 Å². The molecule has 16 heavy (non-hydrogen) atoms.